The molecule has 3 aromatic rings. The summed E-state index contributed by atoms with van der Waals surface area (Å²) < 4.78 is 7.74. The Morgan fingerprint density at radius 1 is 1.54 bits per heavy atom. The van der Waals surface area contributed by atoms with E-state index in [0.717, 1.165) is 5.69 Å². The number of nitriles is 1. The maximum Gasteiger partial charge on any atom is 0.246 e. The molecule has 2 N–H and O–H groups in total. The second-order valence-corrected chi connectivity index (χ2v) is 6.43. The van der Waals surface area contributed by atoms with E-state index in [1.165, 1.54) is 6.08 Å². The molecule has 0 saturated carbocycles. The number of aryl methyl sites for hydroxylation is 1. The summed E-state index contributed by atoms with van der Waals surface area (Å²) in [5, 5.41) is 17.1. The first-order valence-corrected chi connectivity index (χ1v) is 8.70. The molecule has 1 amide bonds. The van der Waals surface area contributed by atoms with Crippen LogP contribution in [0.25, 0.3) is 11.0 Å². The summed E-state index contributed by atoms with van der Waals surface area (Å²) in [4.78, 5) is 25.3. The molecule has 0 spiro atoms. The standard InChI is InChI=1S/C18H18N8O2/c1-3-14(27)26-5-4-13(10-26)28-17-15-11(6-19)7-20-16(15)23-18(24-17)22-12-8-21-25(2)9-12/h3,7-9,13H,1,4-5,10H2,2H3,(H2,20,22,23,24)/t13-/m1/s1. The van der Waals surface area contributed by atoms with Crippen molar-refractivity contribution in [1.29, 1.82) is 5.26 Å². The largest absolute Gasteiger partial charge is 0.472 e. The smallest absolute Gasteiger partial charge is 0.246 e. The van der Waals surface area contributed by atoms with E-state index in [1.54, 1.807) is 28.2 Å². The van der Waals surface area contributed by atoms with Gasteiger partial charge in [0.2, 0.25) is 17.7 Å². The van der Waals surface area contributed by atoms with Crippen molar-refractivity contribution in [2.24, 2.45) is 7.05 Å². The molecule has 0 radical (unpaired) electrons. The third kappa shape index (κ3) is 3.25. The van der Waals surface area contributed by atoms with Gasteiger partial charge in [-0.3, -0.25) is 9.48 Å². The van der Waals surface area contributed by atoms with Crippen molar-refractivity contribution >= 4 is 28.6 Å². The van der Waals surface area contributed by atoms with Crippen molar-refractivity contribution in [3.63, 3.8) is 0 Å². The number of carbonyl (C=O) groups excluding carboxylic acids is 1. The van der Waals surface area contributed by atoms with E-state index in [2.05, 4.69) is 38.0 Å². The quantitative estimate of drug-likeness (QED) is 0.644. The Morgan fingerprint density at radius 2 is 2.39 bits per heavy atom. The minimum absolute atomic E-state index is 0.128. The fraction of sp³-hybridized carbons (Fsp3) is 0.278. The van der Waals surface area contributed by atoms with E-state index in [9.17, 15) is 10.1 Å². The predicted octanol–water partition coefficient (Wildman–Crippen LogP) is 1.47. The van der Waals surface area contributed by atoms with Gasteiger partial charge in [-0.2, -0.15) is 20.3 Å². The summed E-state index contributed by atoms with van der Waals surface area (Å²) in [6.07, 6.45) is 6.75. The van der Waals surface area contributed by atoms with Crippen molar-refractivity contribution < 1.29 is 9.53 Å². The van der Waals surface area contributed by atoms with Gasteiger partial charge >= 0.3 is 0 Å². The molecule has 142 valence electrons. The summed E-state index contributed by atoms with van der Waals surface area (Å²) in [6, 6.07) is 2.12. The summed E-state index contributed by atoms with van der Waals surface area (Å²) in [5.41, 5.74) is 1.61. The van der Waals surface area contributed by atoms with Gasteiger partial charge in [-0.1, -0.05) is 6.58 Å². The number of aromatic amines is 1. The number of likely N-dealkylation sites (tertiary alicyclic amines) is 1. The Hall–Kier alpha value is -3.87. The van der Waals surface area contributed by atoms with Gasteiger partial charge in [0, 0.05) is 32.4 Å². The average Bonchev–Trinajstić information content (AvgIpc) is 3.41. The van der Waals surface area contributed by atoms with E-state index in [1.807, 2.05) is 7.05 Å². The molecule has 4 heterocycles. The van der Waals surface area contributed by atoms with Crippen molar-refractivity contribution in [3.05, 3.63) is 36.8 Å². The molecule has 4 rings (SSSR count). The zero-order valence-corrected chi connectivity index (χ0v) is 15.2. The van der Waals surface area contributed by atoms with Gasteiger partial charge in [-0.15, -0.1) is 0 Å². The number of rotatable bonds is 5. The van der Waals surface area contributed by atoms with Crippen LogP contribution in [0.4, 0.5) is 11.6 Å². The Kier molecular flexibility index (Phi) is 4.41. The monoisotopic (exact) mass is 378 g/mol. The lowest BCUT2D eigenvalue weighted by molar-refractivity contribution is -0.125. The predicted molar refractivity (Wildman–Crippen MR) is 101 cm³/mol. The second-order valence-electron chi connectivity index (χ2n) is 6.43. The Morgan fingerprint density at radius 3 is 3.11 bits per heavy atom. The second kappa shape index (κ2) is 7.03. The number of fused-ring (bicyclic) bond motifs is 1. The lowest BCUT2D eigenvalue weighted by Crippen LogP contribution is -2.29. The molecule has 0 unspecified atom stereocenters. The lowest BCUT2D eigenvalue weighted by atomic mass is 10.2. The molecule has 1 atom stereocenters. The van der Waals surface area contributed by atoms with Gasteiger partial charge in [0.25, 0.3) is 0 Å². The summed E-state index contributed by atoms with van der Waals surface area (Å²) in [6.45, 7) is 4.54. The summed E-state index contributed by atoms with van der Waals surface area (Å²) in [5.74, 6) is 0.489. The number of nitrogens with one attached hydrogen (secondary N) is 2. The molecule has 1 aliphatic heterocycles. The first kappa shape index (κ1) is 17.5. The lowest BCUT2D eigenvalue weighted by Gasteiger charge is -2.16. The van der Waals surface area contributed by atoms with Crippen LogP contribution in [0.3, 0.4) is 0 Å². The topological polar surface area (TPSA) is 125 Å². The Labute approximate surface area is 160 Å². The third-order valence-electron chi connectivity index (χ3n) is 4.49. The molecule has 10 nitrogen and oxygen atoms in total. The molecule has 1 aliphatic rings. The number of hydrogen-bond donors (Lipinski definition) is 2. The Bertz CT molecular complexity index is 1090. The van der Waals surface area contributed by atoms with Gasteiger partial charge in [0.1, 0.15) is 17.8 Å². The van der Waals surface area contributed by atoms with Gasteiger partial charge in [-0.25, -0.2) is 0 Å². The van der Waals surface area contributed by atoms with E-state index in [4.69, 9.17) is 4.74 Å². The van der Waals surface area contributed by atoms with E-state index < -0.39 is 0 Å². The molecule has 0 aromatic carbocycles. The number of hydrogen-bond acceptors (Lipinski definition) is 7. The van der Waals surface area contributed by atoms with Gasteiger partial charge in [-0.05, 0) is 6.08 Å². The molecule has 3 aromatic heterocycles. The van der Waals surface area contributed by atoms with Crippen LogP contribution in [0.5, 0.6) is 5.88 Å². The maximum absolute atomic E-state index is 11.8. The van der Waals surface area contributed by atoms with E-state index >= 15 is 0 Å². The molecule has 1 saturated heterocycles. The highest BCUT2D eigenvalue weighted by Crippen LogP contribution is 2.30. The molecule has 10 heteroatoms. The van der Waals surface area contributed by atoms with Crippen LogP contribution in [-0.4, -0.2) is 54.7 Å². The van der Waals surface area contributed by atoms with Crippen LogP contribution < -0.4 is 10.1 Å². The van der Waals surface area contributed by atoms with Crippen LogP contribution in [0.1, 0.15) is 12.0 Å². The highest BCUT2D eigenvalue weighted by atomic mass is 16.5. The van der Waals surface area contributed by atoms with E-state index in [-0.39, 0.29) is 12.0 Å². The number of amides is 1. The number of ether oxygens (including phenoxy) is 1. The minimum atomic E-state index is -0.227. The molecular formula is C18H18N8O2. The van der Waals surface area contributed by atoms with Crippen LogP contribution in [-0.2, 0) is 11.8 Å². The van der Waals surface area contributed by atoms with Crippen molar-refractivity contribution in [2.75, 3.05) is 18.4 Å². The Balaban J connectivity index is 1.65. The highest BCUT2D eigenvalue weighted by molar-refractivity contribution is 5.89. The zero-order chi connectivity index (χ0) is 19.7. The summed E-state index contributed by atoms with van der Waals surface area (Å²) >= 11 is 0. The average molecular weight is 378 g/mol. The number of H-pyrrole nitrogens is 1. The first-order valence-electron chi connectivity index (χ1n) is 8.70. The van der Waals surface area contributed by atoms with Gasteiger partial charge < -0.3 is 19.9 Å². The number of anilines is 2. The minimum Gasteiger partial charge on any atom is -0.472 e. The fourth-order valence-corrected chi connectivity index (χ4v) is 3.16. The molecule has 0 bridgehead atoms. The molecule has 28 heavy (non-hydrogen) atoms. The maximum atomic E-state index is 11.8. The normalized spacial score (nSPS) is 16.1. The van der Waals surface area contributed by atoms with Gasteiger partial charge in [0.05, 0.1) is 29.4 Å². The van der Waals surface area contributed by atoms with E-state index in [0.29, 0.717) is 47.9 Å². The van der Waals surface area contributed by atoms with Crippen LogP contribution in [0.15, 0.2) is 31.2 Å². The van der Waals surface area contributed by atoms with Crippen LogP contribution in [0.2, 0.25) is 0 Å². The van der Waals surface area contributed by atoms with Crippen molar-refractivity contribution in [1.82, 2.24) is 29.6 Å². The van der Waals surface area contributed by atoms with Crippen LogP contribution in [0, 0.1) is 11.3 Å². The number of aromatic nitrogens is 5. The van der Waals surface area contributed by atoms with Gasteiger partial charge in [0.15, 0.2) is 0 Å². The number of carbonyl (C=O) groups is 1. The third-order valence-corrected chi connectivity index (χ3v) is 4.49. The fourth-order valence-electron chi connectivity index (χ4n) is 3.16. The van der Waals surface area contributed by atoms with Crippen molar-refractivity contribution in [2.45, 2.75) is 12.5 Å². The first-order chi connectivity index (χ1) is 13.6. The van der Waals surface area contributed by atoms with Crippen molar-refractivity contribution in [3.8, 4) is 11.9 Å². The molecule has 1 fully saturated rings. The summed E-state index contributed by atoms with van der Waals surface area (Å²) in [7, 11) is 1.81. The SMILES string of the molecule is C=CC(=O)N1CC[C@@H](Oc2nc(Nc3cnn(C)c3)nc3[nH]cc(C#N)c23)C1. The number of nitrogens with zero attached hydrogens (tertiary/aromatic N) is 6. The zero-order valence-electron chi connectivity index (χ0n) is 15.2. The van der Waals surface area contributed by atoms with Crippen LogP contribution >= 0.6 is 0 Å². The molecular weight excluding hydrogens is 360 g/mol. The molecule has 0 aliphatic carbocycles. The highest BCUT2D eigenvalue weighted by Gasteiger charge is 2.28.